The quantitative estimate of drug-likeness (QED) is 0.659. The van der Waals surface area contributed by atoms with Gasteiger partial charge in [-0.1, -0.05) is 6.92 Å². The molecule has 1 aromatic heterocycles. The van der Waals surface area contributed by atoms with Crippen molar-refractivity contribution < 1.29 is 19.2 Å². The van der Waals surface area contributed by atoms with E-state index in [0.717, 1.165) is 5.69 Å². The van der Waals surface area contributed by atoms with Gasteiger partial charge >= 0.3 is 12.1 Å². The number of nitrogens with one attached hydrogen (secondary N) is 3. The molecule has 2 aromatic rings. The van der Waals surface area contributed by atoms with Gasteiger partial charge < -0.3 is 14.9 Å². The molecule has 8 nitrogen and oxygen atoms in total. The number of hydrogen-bond donors (Lipinski definition) is 3. The van der Waals surface area contributed by atoms with Crippen LogP contribution in [0.5, 0.6) is 0 Å². The number of nitrogens with zero attached hydrogens (tertiary/aromatic N) is 1. The molecule has 8 heteroatoms. The lowest BCUT2D eigenvalue weighted by atomic mass is 10.3. The van der Waals surface area contributed by atoms with Crippen molar-refractivity contribution in [1.82, 2.24) is 4.98 Å². The molecule has 0 aliphatic carbocycles. The maximum absolute atomic E-state index is 11.3. The van der Waals surface area contributed by atoms with E-state index in [9.17, 15) is 9.59 Å². The standard InChI is InChI=1S/C17H20N4O4/c1-3-16(22)25-21-14-9-10-15(18-11-14)19-12-5-7-13(8-6-12)20-17(23)24-4-2/h5-11,21H,3-4H2,1-2H3,(H,18,19)(H,20,23). The van der Waals surface area contributed by atoms with Crippen LogP contribution in [0.15, 0.2) is 42.6 Å². The van der Waals surface area contributed by atoms with Gasteiger partial charge in [0, 0.05) is 17.8 Å². The molecular formula is C17H20N4O4. The predicted molar refractivity (Wildman–Crippen MR) is 94.6 cm³/mol. The number of carbonyl (C=O) groups excluding carboxylic acids is 2. The summed E-state index contributed by atoms with van der Waals surface area (Å²) in [4.78, 5) is 31.4. The maximum Gasteiger partial charge on any atom is 0.411 e. The molecule has 0 saturated carbocycles. The van der Waals surface area contributed by atoms with Gasteiger partial charge in [0.25, 0.3) is 0 Å². The monoisotopic (exact) mass is 344 g/mol. The van der Waals surface area contributed by atoms with E-state index in [0.29, 0.717) is 30.2 Å². The van der Waals surface area contributed by atoms with Crippen molar-refractivity contribution in [3.63, 3.8) is 0 Å². The molecule has 132 valence electrons. The second-order valence-corrected chi connectivity index (χ2v) is 4.91. The van der Waals surface area contributed by atoms with Crippen molar-refractivity contribution in [3.8, 4) is 0 Å². The maximum atomic E-state index is 11.3. The highest BCUT2D eigenvalue weighted by atomic mass is 16.7. The van der Waals surface area contributed by atoms with Crippen molar-refractivity contribution in [2.75, 3.05) is 22.7 Å². The van der Waals surface area contributed by atoms with Crippen molar-refractivity contribution in [2.24, 2.45) is 0 Å². The SMILES string of the molecule is CCOC(=O)Nc1ccc(Nc2ccc(NOC(=O)CC)cn2)cc1. The zero-order chi connectivity index (χ0) is 18.1. The Balaban J connectivity index is 1.89. The summed E-state index contributed by atoms with van der Waals surface area (Å²) in [6.45, 7) is 3.77. The van der Waals surface area contributed by atoms with E-state index < -0.39 is 6.09 Å². The minimum absolute atomic E-state index is 0.293. The Morgan fingerprint density at radius 1 is 1.00 bits per heavy atom. The number of hydrogen-bond acceptors (Lipinski definition) is 7. The van der Waals surface area contributed by atoms with Gasteiger partial charge in [-0.2, -0.15) is 0 Å². The van der Waals surface area contributed by atoms with Gasteiger partial charge in [0.2, 0.25) is 0 Å². The summed E-state index contributed by atoms with van der Waals surface area (Å²) < 4.78 is 4.81. The Kier molecular flexibility index (Phi) is 6.58. The van der Waals surface area contributed by atoms with E-state index in [4.69, 9.17) is 9.57 Å². The average Bonchev–Trinajstić information content (AvgIpc) is 2.62. The highest BCUT2D eigenvalue weighted by Gasteiger charge is 2.03. The van der Waals surface area contributed by atoms with Gasteiger partial charge in [-0.25, -0.2) is 20.1 Å². The van der Waals surface area contributed by atoms with Gasteiger partial charge in [-0.3, -0.25) is 5.32 Å². The lowest BCUT2D eigenvalue weighted by molar-refractivity contribution is -0.140. The Morgan fingerprint density at radius 3 is 2.28 bits per heavy atom. The minimum atomic E-state index is -0.489. The smallest absolute Gasteiger partial charge is 0.411 e. The van der Waals surface area contributed by atoms with Crippen LogP contribution in [0.2, 0.25) is 0 Å². The molecule has 0 aliphatic heterocycles. The highest BCUT2D eigenvalue weighted by Crippen LogP contribution is 2.19. The minimum Gasteiger partial charge on any atom is -0.450 e. The number of pyridine rings is 1. The lowest BCUT2D eigenvalue weighted by Crippen LogP contribution is -2.13. The van der Waals surface area contributed by atoms with E-state index in [2.05, 4.69) is 21.1 Å². The fourth-order valence-electron chi connectivity index (χ4n) is 1.79. The van der Waals surface area contributed by atoms with E-state index in [1.54, 1.807) is 56.4 Å². The van der Waals surface area contributed by atoms with Crippen LogP contribution in [0, 0.1) is 0 Å². The Bertz CT molecular complexity index is 702. The van der Waals surface area contributed by atoms with Gasteiger partial charge in [0.15, 0.2) is 0 Å². The summed E-state index contributed by atoms with van der Waals surface area (Å²) in [6, 6.07) is 10.6. The molecule has 0 bridgehead atoms. The van der Waals surface area contributed by atoms with Crippen molar-refractivity contribution in [1.29, 1.82) is 0 Å². The Morgan fingerprint density at radius 2 is 1.68 bits per heavy atom. The molecule has 0 fully saturated rings. The molecule has 0 atom stereocenters. The van der Waals surface area contributed by atoms with E-state index in [1.807, 2.05) is 0 Å². The molecule has 25 heavy (non-hydrogen) atoms. The first-order valence-corrected chi connectivity index (χ1v) is 7.83. The summed E-state index contributed by atoms with van der Waals surface area (Å²) in [7, 11) is 0. The number of aromatic nitrogens is 1. The molecule has 0 saturated heterocycles. The van der Waals surface area contributed by atoms with Crippen LogP contribution in [0.4, 0.5) is 27.7 Å². The summed E-state index contributed by atoms with van der Waals surface area (Å²) in [5.41, 5.74) is 4.54. The van der Waals surface area contributed by atoms with Crippen LogP contribution in [-0.4, -0.2) is 23.7 Å². The number of benzene rings is 1. The molecule has 0 spiro atoms. The summed E-state index contributed by atoms with van der Waals surface area (Å²) in [6.07, 6.45) is 1.35. The van der Waals surface area contributed by atoms with Crippen LogP contribution in [0.1, 0.15) is 20.3 Å². The van der Waals surface area contributed by atoms with E-state index >= 15 is 0 Å². The lowest BCUT2D eigenvalue weighted by Gasteiger charge is -2.09. The number of amides is 1. The fourth-order valence-corrected chi connectivity index (χ4v) is 1.79. The van der Waals surface area contributed by atoms with Gasteiger partial charge in [-0.05, 0) is 43.3 Å². The van der Waals surface area contributed by atoms with Crippen LogP contribution in [-0.2, 0) is 14.4 Å². The van der Waals surface area contributed by atoms with E-state index in [-0.39, 0.29) is 5.97 Å². The number of anilines is 4. The van der Waals surface area contributed by atoms with Gasteiger partial charge in [-0.15, -0.1) is 0 Å². The Labute approximate surface area is 145 Å². The number of carbonyl (C=O) groups is 2. The van der Waals surface area contributed by atoms with E-state index in [1.165, 1.54) is 0 Å². The molecular weight excluding hydrogens is 324 g/mol. The molecule has 0 radical (unpaired) electrons. The fraction of sp³-hybridized carbons (Fsp3) is 0.235. The number of rotatable bonds is 7. The first-order valence-electron chi connectivity index (χ1n) is 7.83. The molecule has 1 heterocycles. The van der Waals surface area contributed by atoms with Crippen molar-refractivity contribution in [3.05, 3.63) is 42.6 Å². The van der Waals surface area contributed by atoms with Crippen LogP contribution < -0.4 is 16.1 Å². The summed E-state index contributed by atoms with van der Waals surface area (Å²) >= 11 is 0. The van der Waals surface area contributed by atoms with Crippen molar-refractivity contribution >= 4 is 34.9 Å². The summed E-state index contributed by atoms with van der Waals surface area (Å²) in [5.74, 6) is 0.275. The second kappa shape index (κ2) is 9.11. The number of ether oxygens (including phenoxy) is 1. The van der Waals surface area contributed by atoms with Gasteiger partial charge in [0.1, 0.15) is 5.82 Å². The van der Waals surface area contributed by atoms with Crippen LogP contribution in [0.3, 0.4) is 0 Å². The normalized spacial score (nSPS) is 9.84. The molecule has 2 rings (SSSR count). The third-order valence-corrected chi connectivity index (χ3v) is 3.01. The highest BCUT2D eigenvalue weighted by molar-refractivity contribution is 5.84. The van der Waals surface area contributed by atoms with Crippen LogP contribution in [0.25, 0.3) is 0 Å². The molecule has 0 aliphatic rings. The Hall–Kier alpha value is -3.29. The molecule has 1 amide bonds. The largest absolute Gasteiger partial charge is 0.450 e. The third kappa shape index (κ3) is 6.02. The van der Waals surface area contributed by atoms with Crippen molar-refractivity contribution in [2.45, 2.75) is 20.3 Å². The molecule has 1 aromatic carbocycles. The first kappa shape index (κ1) is 18.1. The predicted octanol–water partition coefficient (Wildman–Crippen LogP) is 3.67. The zero-order valence-corrected chi connectivity index (χ0v) is 14.0. The topological polar surface area (TPSA) is 102 Å². The van der Waals surface area contributed by atoms with Crippen LogP contribution >= 0.6 is 0 Å². The van der Waals surface area contributed by atoms with Gasteiger partial charge in [0.05, 0.1) is 18.5 Å². The third-order valence-electron chi connectivity index (χ3n) is 3.01. The zero-order valence-electron chi connectivity index (χ0n) is 14.0. The average molecular weight is 344 g/mol. The second-order valence-electron chi connectivity index (χ2n) is 4.91. The molecule has 3 N–H and O–H groups in total. The first-order chi connectivity index (χ1) is 12.1. The summed E-state index contributed by atoms with van der Waals surface area (Å²) in [5, 5.41) is 5.74. The molecule has 0 unspecified atom stereocenters.